The van der Waals surface area contributed by atoms with Gasteiger partial charge in [-0.2, -0.15) is 13.2 Å². The van der Waals surface area contributed by atoms with E-state index < -0.39 is 17.7 Å². The smallest absolute Gasteiger partial charge is 0.416 e. The molecule has 1 aromatic heterocycles. The van der Waals surface area contributed by atoms with Crippen LogP contribution in [-0.2, 0) is 12.8 Å². The molecule has 2 rings (SSSR count). The summed E-state index contributed by atoms with van der Waals surface area (Å²) in [6.07, 6.45) is -3.28. The number of alkyl halides is 3. The van der Waals surface area contributed by atoms with Crippen LogP contribution in [0.2, 0.25) is 0 Å². The highest BCUT2D eigenvalue weighted by Gasteiger charge is 2.30. The second kappa shape index (κ2) is 5.28. The average Bonchev–Trinajstić information content (AvgIpc) is 2.84. The molecule has 2 aromatic rings. The number of hydrogen-bond donors (Lipinski definition) is 1. The van der Waals surface area contributed by atoms with Crippen molar-refractivity contribution in [3.63, 3.8) is 0 Å². The molecule has 4 nitrogen and oxygen atoms in total. The molecule has 1 aromatic carbocycles. The molecular weight excluding hydrogens is 277 g/mol. The first kappa shape index (κ1) is 14.0. The lowest BCUT2D eigenvalue weighted by molar-refractivity contribution is -0.137. The van der Waals surface area contributed by atoms with Crippen molar-refractivity contribution in [3.05, 3.63) is 53.5 Å². The van der Waals surface area contributed by atoms with Gasteiger partial charge in [-0.25, -0.2) is 4.79 Å². The van der Waals surface area contributed by atoms with Gasteiger partial charge in [0.2, 0.25) is 5.76 Å². The van der Waals surface area contributed by atoms with E-state index in [-0.39, 0.29) is 23.7 Å². The molecule has 0 bridgehead atoms. The number of rotatable bonds is 4. The van der Waals surface area contributed by atoms with E-state index in [9.17, 15) is 18.0 Å². The van der Waals surface area contributed by atoms with Gasteiger partial charge < -0.3 is 14.3 Å². The monoisotopic (exact) mass is 286 g/mol. The zero-order valence-corrected chi connectivity index (χ0v) is 9.98. The standard InChI is InChI=1S/C13H9F3O4/c14-13(15,16)9-2-1-3-10(6-9)20-7-8-4-5-19-11(8)12(17)18/h1-6H,7H2,(H,17,18). The molecular formula is C13H9F3O4. The summed E-state index contributed by atoms with van der Waals surface area (Å²) in [5.74, 6) is -1.56. The van der Waals surface area contributed by atoms with Gasteiger partial charge in [0.15, 0.2) is 0 Å². The molecule has 1 heterocycles. The number of carboxylic acids is 1. The third kappa shape index (κ3) is 3.11. The fourth-order valence-corrected chi connectivity index (χ4v) is 1.56. The minimum atomic E-state index is -4.46. The van der Waals surface area contributed by atoms with E-state index in [1.54, 1.807) is 0 Å². The van der Waals surface area contributed by atoms with Crippen LogP contribution in [0.1, 0.15) is 21.7 Å². The molecule has 0 aliphatic rings. The Balaban J connectivity index is 2.11. The van der Waals surface area contributed by atoms with Gasteiger partial charge in [0, 0.05) is 5.56 Å². The Bertz CT molecular complexity index is 616. The molecule has 7 heteroatoms. The average molecular weight is 286 g/mol. The summed E-state index contributed by atoms with van der Waals surface area (Å²) in [5.41, 5.74) is -0.587. The first-order valence-corrected chi connectivity index (χ1v) is 5.47. The third-order valence-electron chi connectivity index (χ3n) is 2.50. The van der Waals surface area contributed by atoms with E-state index in [1.807, 2.05) is 0 Å². The van der Waals surface area contributed by atoms with Crippen molar-refractivity contribution in [1.82, 2.24) is 0 Å². The summed E-state index contributed by atoms with van der Waals surface area (Å²) >= 11 is 0. The first-order chi connectivity index (χ1) is 9.38. The van der Waals surface area contributed by atoms with Gasteiger partial charge in [0.1, 0.15) is 12.4 Å². The van der Waals surface area contributed by atoms with E-state index >= 15 is 0 Å². The number of furan rings is 1. The molecule has 0 amide bonds. The molecule has 20 heavy (non-hydrogen) atoms. The van der Waals surface area contributed by atoms with Gasteiger partial charge in [0.05, 0.1) is 11.8 Å². The van der Waals surface area contributed by atoms with Crippen molar-refractivity contribution in [3.8, 4) is 5.75 Å². The Morgan fingerprint density at radius 1 is 1.30 bits per heavy atom. The fraction of sp³-hybridized carbons (Fsp3) is 0.154. The lowest BCUT2D eigenvalue weighted by atomic mass is 10.2. The van der Waals surface area contributed by atoms with Crippen LogP contribution in [0.25, 0.3) is 0 Å². The van der Waals surface area contributed by atoms with Crippen LogP contribution >= 0.6 is 0 Å². The Labute approximate surface area is 111 Å². The Kier molecular flexibility index (Phi) is 3.69. The summed E-state index contributed by atoms with van der Waals surface area (Å²) < 4.78 is 47.4. The zero-order valence-electron chi connectivity index (χ0n) is 9.98. The third-order valence-corrected chi connectivity index (χ3v) is 2.50. The number of aromatic carboxylic acids is 1. The van der Waals surface area contributed by atoms with Gasteiger partial charge in [-0.15, -0.1) is 0 Å². The van der Waals surface area contributed by atoms with E-state index in [4.69, 9.17) is 14.3 Å². The molecule has 106 valence electrons. The topological polar surface area (TPSA) is 59.7 Å². The second-order valence-corrected chi connectivity index (χ2v) is 3.89. The van der Waals surface area contributed by atoms with Crippen molar-refractivity contribution in [1.29, 1.82) is 0 Å². The number of ether oxygens (including phenoxy) is 1. The summed E-state index contributed by atoms with van der Waals surface area (Å²) in [4.78, 5) is 10.8. The number of hydrogen-bond acceptors (Lipinski definition) is 3. The maximum absolute atomic E-state index is 12.5. The molecule has 0 fully saturated rings. The van der Waals surface area contributed by atoms with Gasteiger partial charge in [-0.05, 0) is 24.3 Å². The van der Waals surface area contributed by atoms with Crippen LogP contribution in [0, 0.1) is 0 Å². The molecule has 0 spiro atoms. The van der Waals surface area contributed by atoms with Crippen LogP contribution in [0.3, 0.4) is 0 Å². The zero-order chi connectivity index (χ0) is 14.8. The normalized spacial score (nSPS) is 11.3. The molecule has 0 saturated heterocycles. The van der Waals surface area contributed by atoms with E-state index in [1.165, 1.54) is 24.5 Å². The van der Waals surface area contributed by atoms with Crippen LogP contribution in [0.5, 0.6) is 5.75 Å². The molecule has 0 aliphatic heterocycles. The lowest BCUT2D eigenvalue weighted by Gasteiger charge is -2.09. The van der Waals surface area contributed by atoms with Crippen LogP contribution in [0.15, 0.2) is 41.0 Å². The minimum absolute atomic E-state index is 0.00244. The molecule has 0 aliphatic carbocycles. The number of benzene rings is 1. The predicted octanol–water partition coefficient (Wildman–Crippen LogP) is 3.58. The van der Waals surface area contributed by atoms with Crippen molar-refractivity contribution < 1.29 is 32.2 Å². The predicted molar refractivity (Wildman–Crippen MR) is 61.4 cm³/mol. The SMILES string of the molecule is O=C(O)c1occc1COc1cccc(C(F)(F)F)c1. The van der Waals surface area contributed by atoms with Crippen LogP contribution < -0.4 is 4.74 Å². The van der Waals surface area contributed by atoms with Crippen molar-refractivity contribution in [2.24, 2.45) is 0 Å². The van der Waals surface area contributed by atoms with Crippen molar-refractivity contribution in [2.45, 2.75) is 12.8 Å². The Morgan fingerprint density at radius 3 is 2.70 bits per heavy atom. The molecule has 0 saturated carbocycles. The quantitative estimate of drug-likeness (QED) is 0.933. The van der Waals surface area contributed by atoms with E-state index in [0.717, 1.165) is 12.1 Å². The summed E-state index contributed by atoms with van der Waals surface area (Å²) in [7, 11) is 0. The Morgan fingerprint density at radius 2 is 2.05 bits per heavy atom. The largest absolute Gasteiger partial charge is 0.489 e. The fourth-order valence-electron chi connectivity index (χ4n) is 1.56. The highest BCUT2D eigenvalue weighted by Crippen LogP contribution is 2.31. The highest BCUT2D eigenvalue weighted by atomic mass is 19.4. The van der Waals surface area contributed by atoms with Crippen molar-refractivity contribution >= 4 is 5.97 Å². The molecule has 0 unspecified atom stereocenters. The first-order valence-electron chi connectivity index (χ1n) is 5.47. The summed E-state index contributed by atoms with van der Waals surface area (Å²) in [5, 5.41) is 8.80. The van der Waals surface area contributed by atoms with E-state index in [2.05, 4.69) is 0 Å². The van der Waals surface area contributed by atoms with Gasteiger partial charge >= 0.3 is 12.1 Å². The summed E-state index contributed by atoms with van der Waals surface area (Å²) in [6.45, 7) is -0.195. The number of carbonyl (C=O) groups is 1. The molecule has 0 radical (unpaired) electrons. The minimum Gasteiger partial charge on any atom is -0.489 e. The maximum atomic E-state index is 12.5. The van der Waals surface area contributed by atoms with Gasteiger partial charge in [-0.3, -0.25) is 0 Å². The van der Waals surface area contributed by atoms with Gasteiger partial charge in [0.25, 0.3) is 0 Å². The second-order valence-electron chi connectivity index (χ2n) is 3.89. The Hall–Kier alpha value is -2.44. The lowest BCUT2D eigenvalue weighted by Crippen LogP contribution is -2.06. The van der Waals surface area contributed by atoms with E-state index in [0.29, 0.717) is 0 Å². The highest BCUT2D eigenvalue weighted by molar-refractivity contribution is 5.86. The summed E-state index contributed by atoms with van der Waals surface area (Å²) in [6, 6.07) is 5.73. The number of halogens is 3. The van der Waals surface area contributed by atoms with Gasteiger partial charge in [-0.1, -0.05) is 6.07 Å². The van der Waals surface area contributed by atoms with Crippen LogP contribution in [0.4, 0.5) is 13.2 Å². The van der Waals surface area contributed by atoms with Crippen LogP contribution in [-0.4, -0.2) is 11.1 Å². The molecule has 1 N–H and O–H groups in total. The maximum Gasteiger partial charge on any atom is 0.416 e. The number of carboxylic acid groups (broad SMARTS) is 1. The van der Waals surface area contributed by atoms with Crippen molar-refractivity contribution in [2.75, 3.05) is 0 Å². The molecule has 0 atom stereocenters.